The van der Waals surface area contributed by atoms with Gasteiger partial charge >= 0.3 is 0 Å². The van der Waals surface area contributed by atoms with Crippen LogP contribution in [0.5, 0.6) is 11.5 Å². The monoisotopic (exact) mass is 527 g/mol. The zero-order valence-corrected chi connectivity index (χ0v) is 20.8. The third kappa shape index (κ3) is 4.03. The maximum Gasteiger partial charge on any atom is 0.194 e. The van der Waals surface area contributed by atoms with Gasteiger partial charge in [-0.05, 0) is 19.1 Å². The molecule has 202 valence electrons. The third-order valence-corrected chi connectivity index (χ3v) is 7.70. The molecule has 2 aromatic carbocycles. The second-order valence-electron chi connectivity index (χ2n) is 10.0. The molecule has 0 radical (unpaired) electrons. The van der Waals surface area contributed by atoms with Crippen LogP contribution in [0.4, 0.5) is 0 Å². The molecule has 2 aromatic rings. The van der Waals surface area contributed by atoms with Crippen LogP contribution in [0.1, 0.15) is 46.9 Å². The highest BCUT2D eigenvalue weighted by Gasteiger charge is 2.51. The Kier molecular flexibility index (Phi) is 6.62. The minimum absolute atomic E-state index is 0.0539. The van der Waals surface area contributed by atoms with E-state index >= 15 is 0 Å². The van der Waals surface area contributed by atoms with E-state index in [9.17, 15) is 34.8 Å². The molecule has 38 heavy (non-hydrogen) atoms. The Morgan fingerprint density at radius 3 is 2.63 bits per heavy atom. The third-order valence-electron chi connectivity index (χ3n) is 7.70. The van der Waals surface area contributed by atoms with Crippen molar-refractivity contribution in [2.24, 2.45) is 5.73 Å². The maximum atomic E-state index is 13.9. The second kappa shape index (κ2) is 9.53. The van der Waals surface area contributed by atoms with Crippen molar-refractivity contribution in [2.75, 3.05) is 13.7 Å². The van der Waals surface area contributed by atoms with E-state index in [4.69, 9.17) is 19.9 Å². The molecule has 1 fully saturated rings. The number of carbonyl (C=O) groups is 3. The van der Waals surface area contributed by atoms with Gasteiger partial charge < -0.3 is 40.4 Å². The van der Waals surface area contributed by atoms with Crippen molar-refractivity contribution < 1.29 is 49.0 Å². The molecule has 0 aromatic heterocycles. The van der Waals surface area contributed by atoms with Crippen molar-refractivity contribution in [3.63, 3.8) is 0 Å². The van der Waals surface area contributed by atoms with E-state index < -0.39 is 78.8 Å². The Balaban J connectivity index is 1.64. The summed E-state index contributed by atoms with van der Waals surface area (Å²) in [6.45, 7) is 0.609. The minimum Gasteiger partial charge on any atom is -0.506 e. The molecule has 1 heterocycles. The predicted molar refractivity (Wildman–Crippen MR) is 132 cm³/mol. The number of hydrogen-bond donors (Lipinski definition) is 5. The summed E-state index contributed by atoms with van der Waals surface area (Å²) in [5, 5.41) is 42.6. The number of carbonyl (C=O) groups excluding carboxylic acids is 3. The summed E-state index contributed by atoms with van der Waals surface area (Å²) in [6.07, 6.45) is -4.84. The van der Waals surface area contributed by atoms with E-state index in [0.717, 1.165) is 0 Å². The van der Waals surface area contributed by atoms with Crippen molar-refractivity contribution in [3.8, 4) is 11.5 Å². The lowest BCUT2D eigenvalue weighted by molar-refractivity contribution is -0.239. The summed E-state index contributed by atoms with van der Waals surface area (Å²) in [5.41, 5.74) is 3.23. The number of aliphatic hydroxyl groups is 3. The number of Topliss-reactive ketones (excluding diaryl/α,β-unsaturated/α-hetero) is 3. The summed E-state index contributed by atoms with van der Waals surface area (Å²) in [4.78, 5) is 40.3. The molecular formula is C27H29NO10. The summed E-state index contributed by atoms with van der Waals surface area (Å²) in [5.74, 6) is -2.34. The fourth-order valence-electron chi connectivity index (χ4n) is 5.64. The van der Waals surface area contributed by atoms with Gasteiger partial charge in [0.1, 0.15) is 23.7 Å². The van der Waals surface area contributed by atoms with Gasteiger partial charge in [-0.1, -0.05) is 12.1 Å². The lowest BCUT2D eigenvalue weighted by atomic mass is 9.69. The smallest absolute Gasteiger partial charge is 0.194 e. The van der Waals surface area contributed by atoms with Gasteiger partial charge in [0.2, 0.25) is 0 Å². The first-order chi connectivity index (χ1) is 18.0. The van der Waals surface area contributed by atoms with Gasteiger partial charge in [-0.3, -0.25) is 14.4 Å². The van der Waals surface area contributed by atoms with Gasteiger partial charge in [0.05, 0.1) is 31.0 Å². The Morgan fingerprint density at radius 2 is 1.97 bits per heavy atom. The number of ether oxygens (including phenoxy) is 3. The van der Waals surface area contributed by atoms with Gasteiger partial charge in [-0.25, -0.2) is 0 Å². The van der Waals surface area contributed by atoms with Gasteiger partial charge in [-0.15, -0.1) is 0 Å². The number of aromatic hydroxyl groups is 1. The Labute approximate surface area is 217 Å². The van der Waals surface area contributed by atoms with Gasteiger partial charge in [-0.2, -0.15) is 0 Å². The number of fused-ring (bicyclic) bond motifs is 2. The summed E-state index contributed by atoms with van der Waals surface area (Å²) >= 11 is 0. The largest absolute Gasteiger partial charge is 0.506 e. The first kappa shape index (κ1) is 26.4. The zero-order valence-electron chi connectivity index (χ0n) is 20.8. The molecule has 6 atom stereocenters. The highest BCUT2D eigenvalue weighted by Crippen LogP contribution is 2.46. The minimum atomic E-state index is -2.21. The molecule has 0 saturated carbocycles. The van der Waals surface area contributed by atoms with Crippen molar-refractivity contribution in [3.05, 3.63) is 46.5 Å². The standard InChI is InChI=1S/C27H29NO10/c1-11-23(31)16(28)7-20(37-11)38-18-9-27(35,19(30)10-29)8-15-21(18)25(33)14-6-13-12(4-3-5-17(13)36-2)24(32)22(14)26(15)34/h3-6,11,16,18,20,23,29,31-32,35H,7-10,28H2,1-2H3/t11-,16-,18+,20-,23+,27+/m1/s1. The summed E-state index contributed by atoms with van der Waals surface area (Å²) < 4.78 is 17.1. The van der Waals surface area contributed by atoms with Crippen molar-refractivity contribution in [2.45, 2.75) is 62.4 Å². The number of methoxy groups -OCH3 is 1. The molecule has 3 aliphatic rings. The SMILES string of the molecule is COc1cccc2c(O)c3c(cc12)C(=O)C1=C(C[C@@](O)(C(=O)CO)C[C@@H]1O[C@@H]1C[C@@H](N)[C@@H](O)[C@@H](C)O1)C3=O. The van der Waals surface area contributed by atoms with E-state index in [1.54, 1.807) is 25.1 Å². The Morgan fingerprint density at radius 1 is 1.24 bits per heavy atom. The highest BCUT2D eigenvalue weighted by molar-refractivity contribution is 6.30. The van der Waals surface area contributed by atoms with Crippen molar-refractivity contribution >= 4 is 28.1 Å². The molecule has 0 spiro atoms. The van der Waals surface area contributed by atoms with E-state index in [2.05, 4.69) is 0 Å². The molecule has 1 saturated heterocycles. The molecular weight excluding hydrogens is 498 g/mol. The van der Waals surface area contributed by atoms with Gasteiger partial charge in [0.25, 0.3) is 0 Å². The Bertz CT molecular complexity index is 1370. The summed E-state index contributed by atoms with van der Waals surface area (Å²) in [7, 11) is 1.44. The first-order valence-corrected chi connectivity index (χ1v) is 12.3. The number of phenolic OH excluding ortho intramolecular Hbond substituents is 1. The Hall–Kier alpha value is -3.19. The van der Waals surface area contributed by atoms with E-state index in [1.807, 2.05) is 0 Å². The number of benzene rings is 2. The predicted octanol–water partition coefficient (Wildman–Crippen LogP) is 0.524. The molecule has 0 bridgehead atoms. The molecule has 5 rings (SSSR count). The quantitative estimate of drug-likeness (QED) is 0.365. The van der Waals surface area contributed by atoms with Crippen molar-refractivity contribution in [1.29, 1.82) is 0 Å². The number of rotatable bonds is 5. The molecule has 6 N–H and O–H groups in total. The van der Waals surface area contributed by atoms with Crippen LogP contribution < -0.4 is 10.5 Å². The highest BCUT2D eigenvalue weighted by atomic mass is 16.7. The van der Waals surface area contributed by atoms with Crippen LogP contribution >= 0.6 is 0 Å². The first-order valence-electron chi connectivity index (χ1n) is 12.3. The number of hydrogen-bond acceptors (Lipinski definition) is 11. The fourth-order valence-corrected chi connectivity index (χ4v) is 5.64. The van der Waals surface area contributed by atoms with Crippen LogP contribution in [-0.2, 0) is 14.3 Å². The number of nitrogens with two attached hydrogens (primary N) is 1. The molecule has 11 heteroatoms. The molecule has 0 unspecified atom stereocenters. The second-order valence-corrected chi connectivity index (χ2v) is 10.0. The van der Waals surface area contributed by atoms with Crippen LogP contribution in [0.15, 0.2) is 35.4 Å². The normalized spacial score (nSPS) is 31.3. The fraction of sp³-hybridized carbons (Fsp3) is 0.444. The van der Waals surface area contributed by atoms with E-state index in [0.29, 0.717) is 11.1 Å². The summed E-state index contributed by atoms with van der Waals surface area (Å²) in [6, 6.07) is 5.63. The van der Waals surface area contributed by atoms with Gasteiger partial charge in [0, 0.05) is 52.8 Å². The average molecular weight is 528 g/mol. The van der Waals surface area contributed by atoms with Crippen LogP contribution in [-0.4, -0.2) is 87.7 Å². The number of ketones is 3. The lowest BCUT2D eigenvalue weighted by Gasteiger charge is -2.42. The van der Waals surface area contributed by atoms with Crippen LogP contribution in [0.25, 0.3) is 10.8 Å². The van der Waals surface area contributed by atoms with Crippen LogP contribution in [0.2, 0.25) is 0 Å². The van der Waals surface area contributed by atoms with Crippen LogP contribution in [0.3, 0.4) is 0 Å². The molecule has 2 aliphatic carbocycles. The number of aliphatic hydroxyl groups excluding tert-OH is 2. The topological polar surface area (TPSA) is 186 Å². The van der Waals surface area contributed by atoms with E-state index in [1.165, 1.54) is 13.2 Å². The molecule has 11 nitrogen and oxygen atoms in total. The number of phenols is 1. The van der Waals surface area contributed by atoms with Crippen LogP contribution in [0, 0.1) is 0 Å². The van der Waals surface area contributed by atoms with Gasteiger partial charge in [0.15, 0.2) is 23.6 Å². The molecule has 0 amide bonds. The lowest BCUT2D eigenvalue weighted by Crippen LogP contribution is -2.54. The van der Waals surface area contributed by atoms with E-state index in [-0.39, 0.29) is 34.1 Å². The maximum absolute atomic E-state index is 13.9. The average Bonchev–Trinajstić information content (AvgIpc) is 2.89. The molecule has 1 aliphatic heterocycles. The zero-order chi connectivity index (χ0) is 27.5. The van der Waals surface area contributed by atoms with Crippen molar-refractivity contribution in [1.82, 2.24) is 0 Å².